The van der Waals surface area contributed by atoms with Crippen molar-refractivity contribution in [1.29, 1.82) is 0 Å². The number of fused-ring (bicyclic) bond motifs is 1. The van der Waals surface area contributed by atoms with Crippen molar-refractivity contribution in [2.24, 2.45) is 13.0 Å². The molecule has 3 heterocycles. The topological polar surface area (TPSA) is 108 Å². The van der Waals surface area contributed by atoms with E-state index in [4.69, 9.17) is 4.52 Å². The molecule has 0 aliphatic carbocycles. The van der Waals surface area contributed by atoms with Crippen LogP contribution in [0.3, 0.4) is 0 Å². The minimum atomic E-state index is -0.279. The first-order valence-electron chi connectivity index (χ1n) is 8.82. The van der Waals surface area contributed by atoms with E-state index >= 15 is 0 Å². The van der Waals surface area contributed by atoms with Crippen LogP contribution in [0.2, 0.25) is 0 Å². The number of aromatic nitrogens is 5. The molecular weight excluding hydrogens is 348 g/mol. The van der Waals surface area contributed by atoms with Crippen LogP contribution < -0.4 is 11.0 Å². The van der Waals surface area contributed by atoms with E-state index in [1.54, 1.807) is 11.6 Å². The first-order valence-corrected chi connectivity index (χ1v) is 8.82. The first-order chi connectivity index (χ1) is 13.0. The second kappa shape index (κ2) is 6.82. The summed E-state index contributed by atoms with van der Waals surface area (Å²) in [6.45, 7) is 2.47. The Morgan fingerprint density at radius 1 is 1.37 bits per heavy atom. The van der Waals surface area contributed by atoms with Gasteiger partial charge in [-0.2, -0.15) is 10.1 Å². The Morgan fingerprint density at radius 3 is 3.00 bits per heavy atom. The van der Waals surface area contributed by atoms with Gasteiger partial charge in [-0.25, -0.2) is 9.48 Å². The van der Waals surface area contributed by atoms with Crippen LogP contribution in [0.4, 0.5) is 0 Å². The molecule has 1 aliphatic heterocycles. The Hall–Kier alpha value is -3.23. The lowest BCUT2D eigenvalue weighted by Crippen LogP contribution is -2.38. The van der Waals surface area contributed by atoms with Crippen molar-refractivity contribution in [2.75, 3.05) is 0 Å². The monoisotopic (exact) mass is 368 g/mol. The molecule has 1 atom stereocenters. The van der Waals surface area contributed by atoms with Crippen LogP contribution in [0, 0.1) is 12.8 Å². The Balaban J connectivity index is 1.40. The van der Waals surface area contributed by atoms with Gasteiger partial charge in [0.15, 0.2) is 0 Å². The van der Waals surface area contributed by atoms with Gasteiger partial charge in [-0.05, 0) is 18.9 Å². The summed E-state index contributed by atoms with van der Waals surface area (Å²) in [7, 11) is 1.62. The molecule has 0 spiro atoms. The molecule has 9 nitrogen and oxygen atoms in total. The van der Waals surface area contributed by atoms with Gasteiger partial charge in [0.1, 0.15) is 5.82 Å². The van der Waals surface area contributed by atoms with Gasteiger partial charge in [0.05, 0.1) is 12.5 Å². The molecule has 2 aromatic heterocycles. The van der Waals surface area contributed by atoms with Crippen LogP contribution >= 0.6 is 0 Å². The molecule has 9 heteroatoms. The highest BCUT2D eigenvalue weighted by Gasteiger charge is 2.27. The summed E-state index contributed by atoms with van der Waals surface area (Å²) in [5.74, 6) is 1.16. The van der Waals surface area contributed by atoms with E-state index in [2.05, 4.69) is 20.6 Å². The fourth-order valence-electron chi connectivity index (χ4n) is 3.32. The number of carbonyl (C=O) groups is 1. The van der Waals surface area contributed by atoms with Crippen molar-refractivity contribution in [1.82, 2.24) is 29.8 Å². The Kier molecular flexibility index (Phi) is 4.35. The third kappa shape index (κ3) is 3.27. The van der Waals surface area contributed by atoms with E-state index in [1.807, 2.05) is 31.2 Å². The van der Waals surface area contributed by atoms with E-state index < -0.39 is 0 Å². The Labute approximate surface area is 155 Å². The number of benzene rings is 1. The normalized spacial score (nSPS) is 16.1. The maximum absolute atomic E-state index is 12.5. The van der Waals surface area contributed by atoms with Crippen molar-refractivity contribution in [2.45, 2.75) is 32.9 Å². The molecule has 0 radical (unpaired) electrons. The molecular formula is C18H20N6O3. The minimum absolute atomic E-state index is 0.132. The number of amides is 1. The standard InChI is InChI=1S/C18H20N6O3/c1-11-5-3-4-6-13(11)16-20-15(27-22-16)9-19-17(25)12-7-8-14-21-23(2)18(26)24(14)10-12/h3-6,12H,7-10H2,1-2H3,(H,19,25). The molecule has 0 bridgehead atoms. The smallest absolute Gasteiger partial charge is 0.345 e. The maximum atomic E-state index is 12.5. The van der Waals surface area contributed by atoms with Gasteiger partial charge in [0.2, 0.25) is 17.6 Å². The second-order valence-electron chi connectivity index (χ2n) is 6.71. The first kappa shape index (κ1) is 17.2. The lowest BCUT2D eigenvalue weighted by molar-refractivity contribution is -0.126. The number of carbonyl (C=O) groups excluding carboxylic acids is 1. The molecule has 1 aromatic carbocycles. The number of rotatable bonds is 4. The second-order valence-corrected chi connectivity index (χ2v) is 6.71. The molecule has 1 N–H and O–H groups in total. The zero-order chi connectivity index (χ0) is 19.0. The highest BCUT2D eigenvalue weighted by molar-refractivity contribution is 5.78. The van der Waals surface area contributed by atoms with Crippen molar-refractivity contribution < 1.29 is 9.32 Å². The average molecular weight is 368 g/mol. The summed E-state index contributed by atoms with van der Waals surface area (Å²) < 4.78 is 8.12. The number of nitrogens with zero attached hydrogens (tertiary/aromatic N) is 5. The van der Waals surface area contributed by atoms with Crippen molar-refractivity contribution in [3.05, 3.63) is 52.0 Å². The Morgan fingerprint density at radius 2 is 2.19 bits per heavy atom. The van der Waals surface area contributed by atoms with Gasteiger partial charge >= 0.3 is 5.69 Å². The predicted octanol–water partition coefficient (Wildman–Crippen LogP) is 0.819. The van der Waals surface area contributed by atoms with E-state index in [0.29, 0.717) is 31.1 Å². The number of aryl methyl sites for hydroxylation is 3. The highest BCUT2D eigenvalue weighted by Crippen LogP contribution is 2.20. The average Bonchev–Trinajstić information content (AvgIpc) is 3.25. The molecule has 1 aliphatic rings. The fourth-order valence-corrected chi connectivity index (χ4v) is 3.32. The van der Waals surface area contributed by atoms with E-state index in [-0.39, 0.29) is 24.1 Å². The molecule has 4 rings (SSSR count). The van der Waals surface area contributed by atoms with Crippen LogP contribution in [0.1, 0.15) is 23.7 Å². The molecule has 0 saturated carbocycles. The Bertz CT molecular complexity index is 1050. The lowest BCUT2D eigenvalue weighted by atomic mass is 9.98. The molecule has 1 unspecified atom stereocenters. The van der Waals surface area contributed by atoms with Gasteiger partial charge in [0.25, 0.3) is 0 Å². The lowest BCUT2D eigenvalue weighted by Gasteiger charge is -2.21. The van der Waals surface area contributed by atoms with Crippen LogP contribution in [-0.4, -0.2) is 30.4 Å². The van der Waals surface area contributed by atoms with Crippen molar-refractivity contribution >= 4 is 5.91 Å². The van der Waals surface area contributed by atoms with Crippen LogP contribution in [0.25, 0.3) is 11.4 Å². The van der Waals surface area contributed by atoms with Crippen LogP contribution in [-0.2, 0) is 31.4 Å². The maximum Gasteiger partial charge on any atom is 0.345 e. The highest BCUT2D eigenvalue weighted by atomic mass is 16.5. The SMILES string of the molecule is Cc1ccccc1-c1noc(CNC(=O)C2CCc3nn(C)c(=O)n3C2)n1. The van der Waals surface area contributed by atoms with Crippen molar-refractivity contribution in [3.63, 3.8) is 0 Å². The van der Waals surface area contributed by atoms with E-state index in [1.165, 1.54) is 4.68 Å². The zero-order valence-corrected chi connectivity index (χ0v) is 15.2. The molecule has 3 aromatic rings. The van der Waals surface area contributed by atoms with Gasteiger partial charge in [-0.15, -0.1) is 0 Å². The summed E-state index contributed by atoms with van der Waals surface area (Å²) in [5.41, 5.74) is 1.76. The predicted molar refractivity (Wildman–Crippen MR) is 95.6 cm³/mol. The number of nitrogens with one attached hydrogen (secondary N) is 1. The van der Waals surface area contributed by atoms with Gasteiger partial charge < -0.3 is 9.84 Å². The molecule has 1 amide bonds. The van der Waals surface area contributed by atoms with Gasteiger partial charge in [-0.1, -0.05) is 29.4 Å². The van der Waals surface area contributed by atoms with Crippen LogP contribution in [0.5, 0.6) is 0 Å². The van der Waals surface area contributed by atoms with Crippen LogP contribution in [0.15, 0.2) is 33.6 Å². The third-order valence-electron chi connectivity index (χ3n) is 4.84. The summed E-state index contributed by atoms with van der Waals surface area (Å²) in [6.07, 6.45) is 1.26. The van der Waals surface area contributed by atoms with E-state index in [9.17, 15) is 9.59 Å². The molecule has 0 fully saturated rings. The third-order valence-corrected chi connectivity index (χ3v) is 4.84. The summed E-state index contributed by atoms with van der Waals surface area (Å²) in [4.78, 5) is 28.9. The zero-order valence-electron chi connectivity index (χ0n) is 15.2. The van der Waals surface area contributed by atoms with Gasteiger partial charge in [0, 0.05) is 25.6 Å². The fraction of sp³-hybridized carbons (Fsp3) is 0.389. The molecule has 0 saturated heterocycles. The van der Waals surface area contributed by atoms with E-state index in [0.717, 1.165) is 17.0 Å². The largest absolute Gasteiger partial charge is 0.347 e. The summed E-state index contributed by atoms with van der Waals surface area (Å²) in [6, 6.07) is 7.76. The number of hydrogen-bond acceptors (Lipinski definition) is 6. The number of hydrogen-bond donors (Lipinski definition) is 1. The molecule has 140 valence electrons. The summed E-state index contributed by atoms with van der Waals surface area (Å²) in [5, 5.41) is 11.0. The molecule has 27 heavy (non-hydrogen) atoms. The van der Waals surface area contributed by atoms with Gasteiger partial charge in [-0.3, -0.25) is 9.36 Å². The summed E-state index contributed by atoms with van der Waals surface area (Å²) >= 11 is 0. The minimum Gasteiger partial charge on any atom is -0.347 e. The van der Waals surface area contributed by atoms with Crippen molar-refractivity contribution in [3.8, 4) is 11.4 Å². The quantitative estimate of drug-likeness (QED) is 0.730.